The molecule has 15 heavy (non-hydrogen) atoms. The van der Waals surface area contributed by atoms with Crippen molar-refractivity contribution in [3.63, 3.8) is 0 Å². The second-order valence-corrected chi connectivity index (χ2v) is 5.21. The molecule has 0 nitrogen and oxygen atoms in total. The quantitative estimate of drug-likeness (QED) is 0.685. The van der Waals surface area contributed by atoms with Crippen LogP contribution in [0.25, 0.3) is 0 Å². The van der Waals surface area contributed by atoms with Gasteiger partial charge in [0.1, 0.15) is 0 Å². The van der Waals surface area contributed by atoms with E-state index in [4.69, 9.17) is 0 Å². The van der Waals surface area contributed by atoms with Gasteiger partial charge in [0.25, 0.3) is 0 Å². The van der Waals surface area contributed by atoms with Gasteiger partial charge in [-0.3, -0.25) is 0 Å². The van der Waals surface area contributed by atoms with Crippen molar-refractivity contribution in [3.05, 3.63) is 35.4 Å². The molecule has 0 radical (unpaired) electrons. The lowest BCUT2D eigenvalue weighted by molar-refractivity contribution is 0.361. The maximum atomic E-state index is 3.62. The van der Waals surface area contributed by atoms with Crippen LogP contribution in [0.15, 0.2) is 24.3 Å². The summed E-state index contributed by atoms with van der Waals surface area (Å²) in [5.74, 6) is 0. The second-order valence-electron chi connectivity index (χ2n) is 4.64. The van der Waals surface area contributed by atoms with Crippen molar-refractivity contribution < 1.29 is 0 Å². The molecule has 0 amide bonds. The van der Waals surface area contributed by atoms with Crippen LogP contribution in [0.2, 0.25) is 0 Å². The fourth-order valence-electron chi connectivity index (χ4n) is 1.65. The number of hydrogen-bond acceptors (Lipinski definition) is 0. The van der Waals surface area contributed by atoms with Gasteiger partial charge in [-0.05, 0) is 35.8 Å². The van der Waals surface area contributed by atoms with E-state index in [-0.39, 0.29) is 0 Å². The van der Waals surface area contributed by atoms with Crippen molar-refractivity contribution in [2.75, 3.05) is 5.33 Å². The lowest BCUT2D eigenvalue weighted by Crippen LogP contribution is -2.20. The minimum absolute atomic E-state index is 0.397. The summed E-state index contributed by atoms with van der Waals surface area (Å²) >= 11 is 3.62. The molecular weight excluding hydrogens is 248 g/mol. The molecule has 84 valence electrons. The SMILES string of the molecule is CCc1ccc(CC(C)(CC)CBr)cc1. The van der Waals surface area contributed by atoms with Crippen molar-refractivity contribution >= 4 is 15.9 Å². The van der Waals surface area contributed by atoms with E-state index in [0.29, 0.717) is 5.41 Å². The zero-order valence-electron chi connectivity index (χ0n) is 10.0. The van der Waals surface area contributed by atoms with Gasteiger partial charge in [0.05, 0.1) is 0 Å². The Morgan fingerprint density at radius 1 is 1.07 bits per heavy atom. The van der Waals surface area contributed by atoms with Gasteiger partial charge in [0.15, 0.2) is 0 Å². The van der Waals surface area contributed by atoms with Crippen LogP contribution in [0.5, 0.6) is 0 Å². The molecule has 0 aliphatic heterocycles. The van der Waals surface area contributed by atoms with Crippen molar-refractivity contribution in [1.29, 1.82) is 0 Å². The molecule has 0 saturated heterocycles. The summed E-state index contributed by atoms with van der Waals surface area (Å²) in [4.78, 5) is 0. The second kappa shape index (κ2) is 5.69. The maximum Gasteiger partial charge on any atom is 0.00884 e. The van der Waals surface area contributed by atoms with Crippen LogP contribution in [-0.2, 0) is 12.8 Å². The molecule has 0 saturated carbocycles. The third-order valence-electron chi connectivity index (χ3n) is 3.24. The van der Waals surface area contributed by atoms with Crippen LogP contribution in [0.1, 0.15) is 38.3 Å². The number of benzene rings is 1. The van der Waals surface area contributed by atoms with Crippen LogP contribution in [0.3, 0.4) is 0 Å². The van der Waals surface area contributed by atoms with Crippen LogP contribution < -0.4 is 0 Å². The zero-order chi connectivity index (χ0) is 11.3. The van der Waals surface area contributed by atoms with Crippen molar-refractivity contribution in [1.82, 2.24) is 0 Å². The number of rotatable bonds is 5. The lowest BCUT2D eigenvalue weighted by Gasteiger charge is -2.25. The predicted molar refractivity (Wildman–Crippen MR) is 71.7 cm³/mol. The van der Waals surface area contributed by atoms with Crippen molar-refractivity contribution in [2.45, 2.75) is 40.0 Å². The first-order valence-electron chi connectivity index (χ1n) is 5.77. The van der Waals surface area contributed by atoms with Gasteiger partial charge < -0.3 is 0 Å². The summed E-state index contributed by atoms with van der Waals surface area (Å²) < 4.78 is 0. The Bertz CT molecular complexity index is 283. The lowest BCUT2D eigenvalue weighted by atomic mass is 9.83. The Kier molecular flexibility index (Phi) is 4.85. The molecule has 0 heterocycles. The predicted octanol–water partition coefficient (Wildman–Crippen LogP) is 4.60. The summed E-state index contributed by atoms with van der Waals surface area (Å²) in [7, 11) is 0. The van der Waals surface area contributed by atoms with Gasteiger partial charge in [-0.2, -0.15) is 0 Å². The fraction of sp³-hybridized carbons (Fsp3) is 0.571. The highest BCUT2D eigenvalue weighted by Gasteiger charge is 2.20. The van der Waals surface area contributed by atoms with E-state index >= 15 is 0 Å². The summed E-state index contributed by atoms with van der Waals surface area (Å²) in [6.45, 7) is 6.81. The van der Waals surface area contributed by atoms with Gasteiger partial charge in [0, 0.05) is 5.33 Å². The largest absolute Gasteiger partial charge is 0.0922 e. The first-order chi connectivity index (χ1) is 7.13. The van der Waals surface area contributed by atoms with E-state index in [9.17, 15) is 0 Å². The zero-order valence-corrected chi connectivity index (χ0v) is 11.6. The summed E-state index contributed by atoms with van der Waals surface area (Å²) in [6, 6.07) is 9.05. The summed E-state index contributed by atoms with van der Waals surface area (Å²) in [6.07, 6.45) is 3.51. The Labute approximate surface area is 102 Å². The highest BCUT2D eigenvalue weighted by Crippen LogP contribution is 2.28. The topological polar surface area (TPSA) is 0 Å². The third-order valence-corrected chi connectivity index (χ3v) is 4.59. The molecule has 0 N–H and O–H groups in total. The van der Waals surface area contributed by atoms with E-state index in [1.165, 1.54) is 24.0 Å². The molecule has 0 fully saturated rings. The summed E-state index contributed by atoms with van der Waals surface area (Å²) in [5, 5.41) is 1.08. The van der Waals surface area contributed by atoms with Gasteiger partial charge in [-0.1, -0.05) is 61.0 Å². The van der Waals surface area contributed by atoms with Gasteiger partial charge in [-0.15, -0.1) is 0 Å². The first-order valence-corrected chi connectivity index (χ1v) is 6.89. The normalized spacial score (nSPS) is 14.9. The van der Waals surface area contributed by atoms with E-state index in [1.807, 2.05) is 0 Å². The van der Waals surface area contributed by atoms with Crippen LogP contribution in [0.4, 0.5) is 0 Å². The number of aryl methyl sites for hydroxylation is 1. The van der Waals surface area contributed by atoms with E-state index in [2.05, 4.69) is 61.0 Å². The molecule has 1 aromatic carbocycles. The molecular formula is C14H21Br. The Morgan fingerprint density at radius 2 is 1.60 bits per heavy atom. The molecule has 1 atom stereocenters. The number of hydrogen-bond donors (Lipinski definition) is 0. The molecule has 0 aromatic heterocycles. The van der Waals surface area contributed by atoms with Gasteiger partial charge in [-0.25, -0.2) is 0 Å². The highest BCUT2D eigenvalue weighted by atomic mass is 79.9. The minimum Gasteiger partial charge on any atom is -0.0922 e. The van der Waals surface area contributed by atoms with Crippen LogP contribution in [-0.4, -0.2) is 5.33 Å². The fourth-order valence-corrected chi connectivity index (χ4v) is 2.25. The molecule has 0 spiro atoms. The molecule has 1 rings (SSSR count). The molecule has 0 aliphatic rings. The van der Waals surface area contributed by atoms with E-state index < -0.39 is 0 Å². The monoisotopic (exact) mass is 268 g/mol. The molecule has 0 aliphatic carbocycles. The first kappa shape index (κ1) is 12.8. The van der Waals surface area contributed by atoms with E-state index in [0.717, 1.165) is 11.8 Å². The van der Waals surface area contributed by atoms with Crippen LogP contribution in [0, 0.1) is 5.41 Å². The standard InChI is InChI=1S/C14H21Br/c1-4-12-6-8-13(9-7-12)10-14(3,5-2)11-15/h6-9H,4-5,10-11H2,1-3H3. The average Bonchev–Trinajstić information content (AvgIpc) is 2.30. The smallest absolute Gasteiger partial charge is 0.00884 e. The molecule has 1 unspecified atom stereocenters. The Balaban J connectivity index is 2.71. The average molecular weight is 269 g/mol. The van der Waals surface area contributed by atoms with Crippen LogP contribution >= 0.6 is 15.9 Å². The third kappa shape index (κ3) is 3.64. The minimum atomic E-state index is 0.397. The van der Waals surface area contributed by atoms with E-state index in [1.54, 1.807) is 0 Å². The number of alkyl halides is 1. The molecule has 1 heteroatoms. The maximum absolute atomic E-state index is 3.62. The van der Waals surface area contributed by atoms with Crippen molar-refractivity contribution in [3.8, 4) is 0 Å². The molecule has 0 bridgehead atoms. The Hall–Kier alpha value is -0.300. The van der Waals surface area contributed by atoms with Crippen molar-refractivity contribution in [2.24, 2.45) is 5.41 Å². The van der Waals surface area contributed by atoms with Gasteiger partial charge >= 0.3 is 0 Å². The van der Waals surface area contributed by atoms with Gasteiger partial charge in [0.2, 0.25) is 0 Å². The summed E-state index contributed by atoms with van der Waals surface area (Å²) in [5.41, 5.74) is 3.28. The Morgan fingerprint density at radius 3 is 2.00 bits per heavy atom. The number of halogens is 1. The molecule has 1 aromatic rings. The highest BCUT2D eigenvalue weighted by molar-refractivity contribution is 9.09.